The molecular formula is C23H26N6O4S. The van der Waals surface area contributed by atoms with Crippen LogP contribution in [0.1, 0.15) is 0 Å². The van der Waals surface area contributed by atoms with Crippen molar-refractivity contribution in [2.45, 2.75) is 4.90 Å². The third-order valence-electron chi connectivity index (χ3n) is 5.33. The van der Waals surface area contributed by atoms with Crippen molar-refractivity contribution in [1.29, 1.82) is 0 Å². The lowest BCUT2D eigenvalue weighted by atomic mass is 10.1. The average molecular weight is 483 g/mol. The van der Waals surface area contributed by atoms with Crippen LogP contribution in [0.5, 0.6) is 5.75 Å². The van der Waals surface area contributed by atoms with Crippen LogP contribution in [-0.4, -0.2) is 67.4 Å². The molecule has 0 radical (unpaired) electrons. The predicted octanol–water partition coefficient (Wildman–Crippen LogP) is 1.84. The number of ether oxygens (including phenoxy) is 1. The molecule has 0 amide bonds. The van der Waals surface area contributed by atoms with Gasteiger partial charge >= 0.3 is 0 Å². The Morgan fingerprint density at radius 3 is 2.56 bits per heavy atom. The molecule has 2 aromatic carbocycles. The molecule has 0 saturated heterocycles. The van der Waals surface area contributed by atoms with Gasteiger partial charge in [-0.1, -0.05) is 30.3 Å². The first kappa shape index (κ1) is 23.6. The van der Waals surface area contributed by atoms with Crippen molar-refractivity contribution in [2.75, 3.05) is 34.3 Å². The van der Waals surface area contributed by atoms with Crippen LogP contribution in [-0.2, 0) is 17.1 Å². The van der Waals surface area contributed by atoms with Crippen molar-refractivity contribution >= 4 is 21.1 Å². The van der Waals surface area contributed by atoms with Crippen LogP contribution in [0.2, 0.25) is 0 Å². The fraction of sp³-hybridized carbons (Fsp3) is 0.261. The fourth-order valence-corrected chi connectivity index (χ4v) is 4.64. The number of nitrogens with one attached hydrogen (secondary N) is 2. The zero-order chi connectivity index (χ0) is 24.5. The summed E-state index contributed by atoms with van der Waals surface area (Å²) >= 11 is 0. The zero-order valence-corrected chi connectivity index (χ0v) is 20.2. The van der Waals surface area contributed by atoms with Gasteiger partial charge in [-0.05, 0) is 26.2 Å². The molecule has 178 valence electrons. The lowest BCUT2D eigenvalue weighted by Gasteiger charge is -2.13. The van der Waals surface area contributed by atoms with Gasteiger partial charge in [0.1, 0.15) is 22.7 Å². The van der Waals surface area contributed by atoms with E-state index in [9.17, 15) is 13.2 Å². The summed E-state index contributed by atoms with van der Waals surface area (Å²) in [5, 5.41) is 4.87. The Morgan fingerprint density at radius 1 is 1.15 bits per heavy atom. The van der Waals surface area contributed by atoms with Gasteiger partial charge in [-0.2, -0.15) is 5.10 Å². The molecule has 2 heterocycles. The Morgan fingerprint density at radius 2 is 1.88 bits per heavy atom. The van der Waals surface area contributed by atoms with E-state index in [1.54, 1.807) is 17.8 Å². The van der Waals surface area contributed by atoms with E-state index in [0.717, 1.165) is 5.56 Å². The summed E-state index contributed by atoms with van der Waals surface area (Å²) in [5.41, 5.74) is 1.85. The Bertz CT molecular complexity index is 1490. The molecule has 0 saturated carbocycles. The minimum absolute atomic E-state index is 0.0576. The zero-order valence-electron chi connectivity index (χ0n) is 19.4. The van der Waals surface area contributed by atoms with E-state index in [0.29, 0.717) is 28.8 Å². The Hall–Kier alpha value is -3.54. The van der Waals surface area contributed by atoms with Gasteiger partial charge in [-0.15, -0.1) is 0 Å². The van der Waals surface area contributed by atoms with Crippen molar-refractivity contribution < 1.29 is 13.2 Å². The van der Waals surface area contributed by atoms with Crippen LogP contribution in [0, 0.1) is 0 Å². The van der Waals surface area contributed by atoms with E-state index >= 15 is 0 Å². The Labute approximate surface area is 197 Å². The van der Waals surface area contributed by atoms with Gasteiger partial charge in [0, 0.05) is 31.8 Å². The molecule has 0 aliphatic rings. The number of rotatable bonds is 8. The number of methoxy groups -OCH3 is 1. The van der Waals surface area contributed by atoms with Crippen molar-refractivity contribution in [1.82, 2.24) is 29.4 Å². The molecule has 0 atom stereocenters. The Kier molecular flexibility index (Phi) is 6.51. The van der Waals surface area contributed by atoms with Crippen LogP contribution >= 0.6 is 0 Å². The first-order valence-electron chi connectivity index (χ1n) is 10.6. The molecule has 2 aromatic heterocycles. The highest BCUT2D eigenvalue weighted by atomic mass is 32.2. The third kappa shape index (κ3) is 4.58. The number of aromatic nitrogens is 4. The summed E-state index contributed by atoms with van der Waals surface area (Å²) in [7, 11) is 3.15. The second-order valence-corrected chi connectivity index (χ2v) is 9.78. The monoisotopic (exact) mass is 482 g/mol. The number of fused-ring (bicyclic) bond motifs is 1. The number of benzene rings is 2. The van der Waals surface area contributed by atoms with Crippen LogP contribution in [0.15, 0.2) is 58.2 Å². The van der Waals surface area contributed by atoms with Gasteiger partial charge in [0.2, 0.25) is 10.0 Å². The Balaban J connectivity index is 1.76. The number of sulfonamides is 1. The largest absolute Gasteiger partial charge is 0.496 e. The molecule has 0 bridgehead atoms. The SMILES string of the molecule is COc1cc(S(=O)(=O)NCCN(C)C)ccc1-c1nc2c(c(-c3ccccc3)nn2C)c(=O)[nH]1. The topological polar surface area (TPSA) is 122 Å². The lowest BCUT2D eigenvalue weighted by Crippen LogP contribution is -2.31. The molecule has 34 heavy (non-hydrogen) atoms. The highest BCUT2D eigenvalue weighted by Gasteiger charge is 2.21. The summed E-state index contributed by atoms with van der Waals surface area (Å²) in [6.07, 6.45) is 0. The molecule has 4 aromatic rings. The minimum atomic E-state index is -3.73. The van der Waals surface area contributed by atoms with Crippen molar-refractivity contribution in [2.24, 2.45) is 7.05 Å². The molecule has 10 nitrogen and oxygen atoms in total. The predicted molar refractivity (Wildman–Crippen MR) is 130 cm³/mol. The molecule has 4 rings (SSSR count). The van der Waals surface area contributed by atoms with Gasteiger partial charge < -0.3 is 14.6 Å². The third-order valence-corrected chi connectivity index (χ3v) is 6.79. The van der Waals surface area contributed by atoms with E-state index in [1.165, 1.54) is 19.2 Å². The normalized spacial score (nSPS) is 11.9. The first-order valence-corrected chi connectivity index (χ1v) is 12.0. The molecule has 0 aliphatic carbocycles. The van der Waals surface area contributed by atoms with Crippen LogP contribution in [0.25, 0.3) is 33.7 Å². The highest BCUT2D eigenvalue weighted by molar-refractivity contribution is 7.89. The van der Waals surface area contributed by atoms with E-state index in [-0.39, 0.29) is 28.6 Å². The smallest absolute Gasteiger partial charge is 0.262 e. The summed E-state index contributed by atoms with van der Waals surface area (Å²) in [6.45, 7) is 0.838. The fourth-order valence-electron chi connectivity index (χ4n) is 3.60. The van der Waals surface area contributed by atoms with E-state index in [2.05, 4.69) is 19.8 Å². The molecule has 11 heteroatoms. The standard InChI is InChI=1S/C23H26N6O4S/c1-28(2)13-12-24-34(31,32)16-10-11-17(18(14-16)33-4)21-25-22-19(23(30)26-21)20(27-29(22)3)15-8-6-5-7-9-15/h5-11,14,24H,12-13H2,1-4H3,(H,25,26,30). The van der Waals surface area contributed by atoms with E-state index in [4.69, 9.17) is 4.74 Å². The number of hydrogen-bond donors (Lipinski definition) is 2. The molecule has 0 unspecified atom stereocenters. The molecule has 2 N–H and O–H groups in total. The quantitative estimate of drug-likeness (QED) is 0.393. The molecule has 0 spiro atoms. The number of likely N-dealkylation sites (N-methyl/N-ethyl adjacent to an activating group) is 1. The molecule has 0 aliphatic heterocycles. The molecular weight excluding hydrogens is 456 g/mol. The second kappa shape index (κ2) is 9.37. The van der Waals surface area contributed by atoms with Gasteiger partial charge in [-0.25, -0.2) is 22.8 Å². The summed E-state index contributed by atoms with van der Waals surface area (Å²) in [6, 6.07) is 13.8. The van der Waals surface area contributed by atoms with Crippen LogP contribution < -0.4 is 15.0 Å². The van der Waals surface area contributed by atoms with Gasteiger partial charge in [-0.3, -0.25) is 4.79 Å². The number of H-pyrrole nitrogens is 1. The van der Waals surface area contributed by atoms with E-state index < -0.39 is 10.0 Å². The maximum absolute atomic E-state index is 13.1. The van der Waals surface area contributed by atoms with Gasteiger partial charge in [0.15, 0.2) is 5.65 Å². The van der Waals surface area contributed by atoms with Crippen molar-refractivity contribution in [3.05, 3.63) is 58.9 Å². The first-order chi connectivity index (χ1) is 16.2. The molecule has 0 fully saturated rings. The lowest BCUT2D eigenvalue weighted by molar-refractivity contribution is 0.411. The van der Waals surface area contributed by atoms with E-state index in [1.807, 2.05) is 49.3 Å². The van der Waals surface area contributed by atoms with Crippen LogP contribution in [0.3, 0.4) is 0 Å². The minimum Gasteiger partial charge on any atom is -0.496 e. The highest BCUT2D eigenvalue weighted by Crippen LogP contribution is 2.31. The summed E-state index contributed by atoms with van der Waals surface area (Å²) < 4.78 is 34.9. The number of aromatic amines is 1. The summed E-state index contributed by atoms with van der Waals surface area (Å²) in [5.74, 6) is 0.518. The number of nitrogens with zero attached hydrogens (tertiary/aromatic N) is 4. The number of aryl methyl sites for hydroxylation is 1. The number of hydrogen-bond acceptors (Lipinski definition) is 7. The van der Waals surface area contributed by atoms with Crippen molar-refractivity contribution in [3.63, 3.8) is 0 Å². The van der Waals surface area contributed by atoms with Gasteiger partial charge in [0.05, 0.1) is 17.6 Å². The van der Waals surface area contributed by atoms with Crippen LogP contribution in [0.4, 0.5) is 0 Å². The second-order valence-electron chi connectivity index (χ2n) is 8.01. The average Bonchev–Trinajstić information content (AvgIpc) is 3.15. The summed E-state index contributed by atoms with van der Waals surface area (Å²) in [4.78, 5) is 22.4. The van der Waals surface area contributed by atoms with Gasteiger partial charge in [0.25, 0.3) is 5.56 Å². The van der Waals surface area contributed by atoms with Crippen molar-refractivity contribution in [3.8, 4) is 28.4 Å². The maximum atomic E-state index is 13.1. The maximum Gasteiger partial charge on any atom is 0.262 e.